The molecule has 154 valence electrons. The number of aromatic amines is 2. The third kappa shape index (κ3) is 4.40. The maximum absolute atomic E-state index is 11.7. The Morgan fingerprint density at radius 2 is 2.03 bits per heavy atom. The number of nitrogens with zero attached hydrogens (tertiary/aromatic N) is 3. The summed E-state index contributed by atoms with van der Waals surface area (Å²) in [5, 5.41) is 21.1. The number of hydrogen-bond acceptors (Lipinski definition) is 6. The van der Waals surface area contributed by atoms with E-state index in [1.54, 1.807) is 6.20 Å². The Morgan fingerprint density at radius 1 is 1.17 bits per heavy atom. The molecule has 0 spiro atoms. The zero-order chi connectivity index (χ0) is 21.1. The molecule has 30 heavy (non-hydrogen) atoms. The van der Waals surface area contributed by atoms with Crippen LogP contribution in [0.2, 0.25) is 0 Å². The molecular formula is C21H23N7O2. The van der Waals surface area contributed by atoms with E-state index in [-0.39, 0.29) is 18.6 Å². The van der Waals surface area contributed by atoms with Gasteiger partial charge in [0.25, 0.3) is 5.91 Å². The first-order valence-electron chi connectivity index (χ1n) is 9.63. The molecule has 0 aliphatic heterocycles. The Balaban J connectivity index is 1.44. The van der Waals surface area contributed by atoms with Crippen LogP contribution in [0, 0.1) is 6.92 Å². The van der Waals surface area contributed by atoms with E-state index in [1.807, 2.05) is 57.2 Å². The fraction of sp³-hybridized carbons (Fsp3) is 0.238. The molecule has 0 unspecified atom stereocenters. The third-order valence-electron chi connectivity index (χ3n) is 4.45. The van der Waals surface area contributed by atoms with E-state index in [4.69, 9.17) is 4.74 Å². The van der Waals surface area contributed by atoms with Gasteiger partial charge in [-0.3, -0.25) is 15.0 Å². The fourth-order valence-electron chi connectivity index (χ4n) is 3.09. The molecule has 2 aromatic carbocycles. The lowest BCUT2D eigenvalue weighted by Gasteiger charge is -2.11. The average molecular weight is 405 g/mol. The molecule has 0 aliphatic carbocycles. The molecule has 2 aromatic heterocycles. The standard InChI is InChI=1S/C21H23N7O2/c1-12(2)23-19(29)11-30-16-5-6-17(13(3)8-16)20-25-21(28-27-20)24-15-4-7-18-14(9-15)10-22-26-18/h4-10,12H,11H2,1-3H3,(H,22,26)(H,23,29)(H2,24,25,27,28). The van der Waals surface area contributed by atoms with Gasteiger partial charge in [0.15, 0.2) is 12.4 Å². The van der Waals surface area contributed by atoms with Gasteiger partial charge < -0.3 is 15.4 Å². The first-order chi connectivity index (χ1) is 14.5. The number of ether oxygens (including phenoxy) is 1. The molecule has 0 saturated heterocycles. The van der Waals surface area contributed by atoms with Gasteiger partial charge in [0.1, 0.15) is 5.75 Å². The van der Waals surface area contributed by atoms with E-state index >= 15 is 0 Å². The molecule has 4 aromatic rings. The number of H-pyrrole nitrogens is 2. The topological polar surface area (TPSA) is 121 Å². The number of aromatic nitrogens is 5. The largest absolute Gasteiger partial charge is 0.484 e. The number of anilines is 2. The highest BCUT2D eigenvalue weighted by Crippen LogP contribution is 2.26. The summed E-state index contributed by atoms with van der Waals surface area (Å²) in [4.78, 5) is 16.3. The minimum atomic E-state index is -0.147. The summed E-state index contributed by atoms with van der Waals surface area (Å²) >= 11 is 0. The molecule has 0 bridgehead atoms. The van der Waals surface area contributed by atoms with E-state index in [2.05, 4.69) is 36.0 Å². The zero-order valence-corrected chi connectivity index (χ0v) is 17.0. The molecule has 4 N–H and O–H groups in total. The van der Waals surface area contributed by atoms with Crippen molar-refractivity contribution in [2.45, 2.75) is 26.8 Å². The van der Waals surface area contributed by atoms with Gasteiger partial charge >= 0.3 is 0 Å². The third-order valence-corrected chi connectivity index (χ3v) is 4.45. The SMILES string of the molecule is Cc1cc(OCC(=O)NC(C)C)ccc1-c1nc(Nc2ccc3[nH]ncc3c2)n[nH]1. The van der Waals surface area contributed by atoms with E-state index < -0.39 is 0 Å². The van der Waals surface area contributed by atoms with Crippen molar-refractivity contribution in [3.63, 3.8) is 0 Å². The van der Waals surface area contributed by atoms with Crippen LogP contribution in [0.1, 0.15) is 19.4 Å². The number of hydrogen-bond donors (Lipinski definition) is 4. The Bertz CT molecular complexity index is 1180. The first kappa shape index (κ1) is 19.4. The van der Waals surface area contributed by atoms with Gasteiger partial charge in [-0.05, 0) is 62.7 Å². The smallest absolute Gasteiger partial charge is 0.258 e. The molecule has 4 rings (SSSR count). The molecule has 9 nitrogen and oxygen atoms in total. The normalized spacial score (nSPS) is 11.1. The number of amides is 1. The minimum Gasteiger partial charge on any atom is -0.484 e. The number of benzene rings is 2. The van der Waals surface area contributed by atoms with Gasteiger partial charge in [0, 0.05) is 22.7 Å². The summed E-state index contributed by atoms with van der Waals surface area (Å²) in [6.07, 6.45) is 1.77. The van der Waals surface area contributed by atoms with E-state index in [0.717, 1.165) is 27.7 Å². The summed E-state index contributed by atoms with van der Waals surface area (Å²) in [6, 6.07) is 11.5. The number of aryl methyl sites for hydroxylation is 1. The monoisotopic (exact) mass is 405 g/mol. The fourth-order valence-corrected chi connectivity index (χ4v) is 3.09. The quantitative estimate of drug-likeness (QED) is 0.374. The zero-order valence-electron chi connectivity index (χ0n) is 17.0. The van der Waals surface area contributed by atoms with Crippen molar-refractivity contribution in [1.82, 2.24) is 30.7 Å². The first-order valence-corrected chi connectivity index (χ1v) is 9.63. The molecule has 0 fully saturated rings. The van der Waals surface area contributed by atoms with Crippen LogP contribution in [-0.2, 0) is 4.79 Å². The van der Waals surface area contributed by atoms with Crippen molar-refractivity contribution in [3.05, 3.63) is 48.2 Å². The van der Waals surface area contributed by atoms with Crippen LogP contribution in [0.25, 0.3) is 22.3 Å². The van der Waals surface area contributed by atoms with Gasteiger partial charge in [-0.1, -0.05) is 0 Å². The van der Waals surface area contributed by atoms with Crippen LogP contribution < -0.4 is 15.4 Å². The van der Waals surface area contributed by atoms with Crippen LogP contribution >= 0.6 is 0 Å². The predicted molar refractivity (Wildman–Crippen MR) is 115 cm³/mol. The molecule has 9 heteroatoms. The van der Waals surface area contributed by atoms with Gasteiger partial charge in [0.2, 0.25) is 5.95 Å². The van der Waals surface area contributed by atoms with Crippen molar-refractivity contribution in [2.75, 3.05) is 11.9 Å². The lowest BCUT2D eigenvalue weighted by molar-refractivity contribution is -0.123. The number of carbonyl (C=O) groups is 1. The van der Waals surface area contributed by atoms with Gasteiger partial charge in [-0.15, -0.1) is 5.10 Å². The molecule has 0 saturated carbocycles. The Morgan fingerprint density at radius 3 is 2.83 bits per heavy atom. The van der Waals surface area contributed by atoms with E-state index in [1.165, 1.54) is 0 Å². The van der Waals surface area contributed by atoms with E-state index in [9.17, 15) is 4.79 Å². The van der Waals surface area contributed by atoms with Gasteiger partial charge in [0.05, 0.1) is 11.7 Å². The van der Waals surface area contributed by atoms with Crippen molar-refractivity contribution in [1.29, 1.82) is 0 Å². The van der Waals surface area contributed by atoms with Crippen molar-refractivity contribution >= 4 is 28.4 Å². The average Bonchev–Trinajstić information content (AvgIpc) is 3.35. The second kappa shape index (κ2) is 8.24. The van der Waals surface area contributed by atoms with Crippen LogP contribution in [0.4, 0.5) is 11.6 Å². The van der Waals surface area contributed by atoms with Crippen molar-refractivity contribution in [2.24, 2.45) is 0 Å². The molecule has 0 aliphatic rings. The highest BCUT2D eigenvalue weighted by molar-refractivity contribution is 5.82. The molecule has 2 heterocycles. The minimum absolute atomic E-state index is 0.0195. The number of carbonyl (C=O) groups excluding carboxylic acids is 1. The Labute approximate surface area is 173 Å². The second-order valence-electron chi connectivity index (χ2n) is 7.29. The van der Waals surface area contributed by atoms with Crippen molar-refractivity contribution in [3.8, 4) is 17.1 Å². The van der Waals surface area contributed by atoms with Crippen LogP contribution in [-0.4, -0.2) is 43.9 Å². The summed E-state index contributed by atoms with van der Waals surface area (Å²) in [7, 11) is 0. The Hall–Kier alpha value is -3.88. The highest BCUT2D eigenvalue weighted by atomic mass is 16.5. The number of rotatable bonds is 7. The van der Waals surface area contributed by atoms with E-state index in [0.29, 0.717) is 17.5 Å². The van der Waals surface area contributed by atoms with Gasteiger partial charge in [-0.25, -0.2) is 0 Å². The summed E-state index contributed by atoms with van der Waals surface area (Å²) in [5.41, 5.74) is 3.70. The molecular weight excluding hydrogens is 382 g/mol. The summed E-state index contributed by atoms with van der Waals surface area (Å²) < 4.78 is 5.57. The maximum atomic E-state index is 11.7. The lowest BCUT2D eigenvalue weighted by atomic mass is 10.1. The van der Waals surface area contributed by atoms with Crippen LogP contribution in [0.5, 0.6) is 5.75 Å². The molecule has 1 amide bonds. The highest BCUT2D eigenvalue weighted by Gasteiger charge is 2.11. The maximum Gasteiger partial charge on any atom is 0.258 e. The number of nitrogens with one attached hydrogen (secondary N) is 4. The predicted octanol–water partition coefficient (Wildman–Crippen LogP) is 3.30. The van der Waals surface area contributed by atoms with Crippen LogP contribution in [0.3, 0.4) is 0 Å². The van der Waals surface area contributed by atoms with Crippen molar-refractivity contribution < 1.29 is 9.53 Å². The van der Waals surface area contributed by atoms with Gasteiger partial charge in [-0.2, -0.15) is 10.1 Å². The Kier molecular flexibility index (Phi) is 5.34. The second-order valence-corrected chi connectivity index (χ2v) is 7.29. The molecule has 0 radical (unpaired) electrons. The lowest BCUT2D eigenvalue weighted by Crippen LogP contribution is -2.34. The molecule has 0 atom stereocenters. The summed E-state index contributed by atoms with van der Waals surface area (Å²) in [6.45, 7) is 5.76. The number of fused-ring (bicyclic) bond motifs is 1. The van der Waals surface area contributed by atoms with Crippen LogP contribution in [0.15, 0.2) is 42.6 Å². The summed E-state index contributed by atoms with van der Waals surface area (Å²) in [5.74, 6) is 1.59.